The first-order valence-corrected chi connectivity index (χ1v) is 9.47. The Labute approximate surface area is 151 Å². The fraction of sp³-hybridized carbons (Fsp3) is 0.450. The van der Waals surface area contributed by atoms with E-state index in [-0.39, 0.29) is 11.6 Å². The number of aryl methyl sites for hydroxylation is 2. The second-order valence-electron chi connectivity index (χ2n) is 7.45. The summed E-state index contributed by atoms with van der Waals surface area (Å²) in [6.45, 7) is 1.90. The van der Waals surface area contributed by atoms with E-state index in [2.05, 4.69) is 21.6 Å². The van der Waals surface area contributed by atoms with Crippen LogP contribution < -0.4 is 5.56 Å². The number of aromatic nitrogens is 4. The molecule has 0 radical (unpaired) electrons. The minimum atomic E-state index is -0.0427. The number of benzene rings is 1. The molecule has 1 unspecified atom stereocenters. The highest BCUT2D eigenvalue weighted by Gasteiger charge is 2.31. The van der Waals surface area contributed by atoms with E-state index < -0.39 is 0 Å². The van der Waals surface area contributed by atoms with Crippen LogP contribution in [0.2, 0.25) is 0 Å². The zero-order valence-electron chi connectivity index (χ0n) is 15.0. The Morgan fingerprint density at radius 1 is 1.23 bits per heavy atom. The molecule has 6 heteroatoms. The monoisotopic (exact) mass is 349 g/mol. The van der Waals surface area contributed by atoms with E-state index in [9.17, 15) is 4.79 Å². The van der Waals surface area contributed by atoms with Crippen molar-refractivity contribution in [2.24, 2.45) is 7.05 Å². The summed E-state index contributed by atoms with van der Waals surface area (Å²) in [4.78, 5) is 22.7. The summed E-state index contributed by atoms with van der Waals surface area (Å²) in [6.07, 6.45) is 5.62. The van der Waals surface area contributed by atoms with Crippen LogP contribution in [0.1, 0.15) is 48.1 Å². The second-order valence-corrected chi connectivity index (χ2v) is 7.45. The topological polar surface area (TPSA) is 66.8 Å². The minimum absolute atomic E-state index is 0.0427. The van der Waals surface area contributed by atoms with Crippen molar-refractivity contribution >= 4 is 10.9 Å². The molecule has 1 atom stereocenters. The molecule has 0 saturated carbocycles. The van der Waals surface area contributed by atoms with Crippen LogP contribution in [0.25, 0.3) is 10.9 Å². The summed E-state index contributed by atoms with van der Waals surface area (Å²) in [5, 5.41) is 5.36. The van der Waals surface area contributed by atoms with Gasteiger partial charge in [0, 0.05) is 13.6 Å². The smallest absolute Gasteiger partial charge is 0.258 e. The van der Waals surface area contributed by atoms with Gasteiger partial charge in [0.15, 0.2) is 0 Å². The molecule has 26 heavy (non-hydrogen) atoms. The lowest BCUT2D eigenvalue weighted by Crippen LogP contribution is -2.27. The van der Waals surface area contributed by atoms with Crippen LogP contribution in [0.4, 0.5) is 0 Å². The third-order valence-corrected chi connectivity index (χ3v) is 5.86. The molecule has 2 aromatic heterocycles. The number of hydrogen-bond donors (Lipinski definition) is 1. The summed E-state index contributed by atoms with van der Waals surface area (Å²) in [7, 11) is 2.05. The molecule has 1 fully saturated rings. The molecule has 3 heterocycles. The second kappa shape index (κ2) is 6.06. The highest BCUT2D eigenvalue weighted by Crippen LogP contribution is 2.33. The lowest BCUT2D eigenvalue weighted by atomic mass is 10.1. The van der Waals surface area contributed by atoms with Crippen LogP contribution in [0.5, 0.6) is 0 Å². The van der Waals surface area contributed by atoms with Crippen LogP contribution in [-0.4, -0.2) is 31.2 Å². The van der Waals surface area contributed by atoms with Gasteiger partial charge in [-0.3, -0.25) is 14.4 Å². The summed E-state index contributed by atoms with van der Waals surface area (Å²) >= 11 is 0. The average molecular weight is 349 g/mol. The van der Waals surface area contributed by atoms with Gasteiger partial charge >= 0.3 is 0 Å². The maximum Gasteiger partial charge on any atom is 0.258 e. The van der Waals surface area contributed by atoms with Crippen molar-refractivity contribution in [3.8, 4) is 0 Å². The SMILES string of the molecule is Cn1nc2c(c1CN1CCCC1c1nc3ccccc3c(=O)[nH]1)CCC2. The zero-order valence-corrected chi connectivity index (χ0v) is 15.0. The van der Waals surface area contributed by atoms with Gasteiger partial charge in [-0.15, -0.1) is 0 Å². The fourth-order valence-corrected chi connectivity index (χ4v) is 4.56. The number of nitrogens with one attached hydrogen (secondary N) is 1. The summed E-state index contributed by atoms with van der Waals surface area (Å²) in [5.74, 6) is 0.796. The molecule has 0 spiro atoms. The largest absolute Gasteiger partial charge is 0.309 e. The van der Waals surface area contributed by atoms with Gasteiger partial charge in [-0.05, 0) is 56.3 Å². The summed E-state index contributed by atoms with van der Waals surface area (Å²) < 4.78 is 2.05. The van der Waals surface area contributed by atoms with Gasteiger partial charge in [-0.2, -0.15) is 5.10 Å². The maximum atomic E-state index is 12.5. The van der Waals surface area contributed by atoms with Crippen molar-refractivity contribution in [3.63, 3.8) is 0 Å². The Bertz CT molecular complexity index is 1030. The first-order valence-electron chi connectivity index (χ1n) is 9.47. The van der Waals surface area contributed by atoms with Crippen LogP contribution in [0.3, 0.4) is 0 Å². The third-order valence-electron chi connectivity index (χ3n) is 5.86. The number of aromatic amines is 1. The molecule has 0 bridgehead atoms. The van der Waals surface area contributed by atoms with Crippen LogP contribution in [-0.2, 0) is 26.4 Å². The molecule has 5 rings (SSSR count). The number of likely N-dealkylation sites (tertiary alicyclic amines) is 1. The van der Waals surface area contributed by atoms with E-state index in [1.165, 1.54) is 23.4 Å². The van der Waals surface area contributed by atoms with E-state index in [0.29, 0.717) is 5.39 Å². The van der Waals surface area contributed by atoms with Crippen molar-refractivity contribution in [1.82, 2.24) is 24.6 Å². The summed E-state index contributed by atoms with van der Waals surface area (Å²) in [6, 6.07) is 7.73. The summed E-state index contributed by atoms with van der Waals surface area (Å²) in [5.41, 5.74) is 4.78. The quantitative estimate of drug-likeness (QED) is 0.789. The van der Waals surface area contributed by atoms with Gasteiger partial charge in [0.2, 0.25) is 0 Å². The Morgan fingerprint density at radius 3 is 3.04 bits per heavy atom. The van der Waals surface area contributed by atoms with Crippen molar-refractivity contribution < 1.29 is 0 Å². The third kappa shape index (κ3) is 2.48. The molecule has 134 valence electrons. The first kappa shape index (κ1) is 15.8. The van der Waals surface area contributed by atoms with E-state index >= 15 is 0 Å². The first-order chi connectivity index (χ1) is 12.7. The zero-order chi connectivity index (χ0) is 17.7. The maximum absolute atomic E-state index is 12.5. The van der Waals surface area contributed by atoms with Gasteiger partial charge in [0.25, 0.3) is 5.56 Å². The van der Waals surface area contributed by atoms with Crippen molar-refractivity contribution in [2.45, 2.75) is 44.7 Å². The predicted molar refractivity (Wildman–Crippen MR) is 100.0 cm³/mol. The molecule has 1 N–H and O–H groups in total. The number of para-hydroxylation sites is 1. The fourth-order valence-electron chi connectivity index (χ4n) is 4.56. The molecule has 1 aliphatic carbocycles. The Balaban J connectivity index is 1.49. The Kier molecular flexibility index (Phi) is 3.67. The molecular weight excluding hydrogens is 326 g/mol. The van der Waals surface area contributed by atoms with E-state index in [4.69, 9.17) is 10.1 Å². The molecule has 3 aromatic rings. The molecular formula is C20H23N5O. The van der Waals surface area contributed by atoms with Gasteiger partial charge in [-0.1, -0.05) is 12.1 Å². The van der Waals surface area contributed by atoms with Crippen LogP contribution in [0, 0.1) is 0 Å². The predicted octanol–water partition coefficient (Wildman–Crippen LogP) is 2.48. The van der Waals surface area contributed by atoms with Crippen molar-refractivity contribution in [2.75, 3.05) is 6.54 Å². The van der Waals surface area contributed by atoms with Crippen LogP contribution >= 0.6 is 0 Å². The molecule has 1 aromatic carbocycles. The van der Waals surface area contributed by atoms with Crippen molar-refractivity contribution in [3.05, 3.63) is 57.4 Å². The number of H-pyrrole nitrogens is 1. The minimum Gasteiger partial charge on any atom is -0.309 e. The van der Waals surface area contributed by atoms with Gasteiger partial charge in [0.1, 0.15) is 5.82 Å². The number of hydrogen-bond acceptors (Lipinski definition) is 4. The molecule has 6 nitrogen and oxygen atoms in total. The molecule has 0 amide bonds. The molecule has 1 saturated heterocycles. The number of nitrogens with zero attached hydrogens (tertiary/aromatic N) is 4. The van der Waals surface area contributed by atoms with E-state index in [1.807, 2.05) is 24.3 Å². The molecule has 1 aliphatic heterocycles. The Morgan fingerprint density at radius 2 is 2.12 bits per heavy atom. The number of rotatable bonds is 3. The normalized spacial score (nSPS) is 20.1. The van der Waals surface area contributed by atoms with Crippen LogP contribution in [0.15, 0.2) is 29.1 Å². The van der Waals surface area contributed by atoms with Gasteiger partial charge in [-0.25, -0.2) is 4.98 Å². The standard InChI is InChI=1S/C20H23N5O/c1-24-18(13-7-4-9-16(13)23-24)12-25-11-5-10-17(25)19-21-15-8-3-2-6-14(15)20(26)22-19/h2-3,6,8,17H,4-5,7,9-12H2,1H3,(H,21,22,26). The Hall–Kier alpha value is -2.47. The highest BCUT2D eigenvalue weighted by atomic mass is 16.1. The molecule has 2 aliphatic rings. The highest BCUT2D eigenvalue weighted by molar-refractivity contribution is 5.77. The van der Waals surface area contributed by atoms with Gasteiger partial charge in [0.05, 0.1) is 28.3 Å². The lowest BCUT2D eigenvalue weighted by molar-refractivity contribution is 0.233. The average Bonchev–Trinajstić information content (AvgIpc) is 3.34. The number of fused-ring (bicyclic) bond motifs is 2. The van der Waals surface area contributed by atoms with Gasteiger partial charge < -0.3 is 4.98 Å². The lowest BCUT2D eigenvalue weighted by Gasteiger charge is -2.24. The van der Waals surface area contributed by atoms with E-state index in [0.717, 1.165) is 50.1 Å². The van der Waals surface area contributed by atoms with E-state index in [1.54, 1.807) is 0 Å². The van der Waals surface area contributed by atoms with Crippen molar-refractivity contribution in [1.29, 1.82) is 0 Å².